The van der Waals surface area contributed by atoms with Crippen molar-refractivity contribution in [3.05, 3.63) is 35.5 Å². The molecule has 4 N–H and O–H groups in total. The fourth-order valence-corrected chi connectivity index (χ4v) is 7.21. The third-order valence-corrected chi connectivity index (χ3v) is 9.19. The lowest BCUT2D eigenvalue weighted by molar-refractivity contribution is -0.141. The molecule has 204 valence electrons. The number of aliphatic hydroxyl groups excluding tert-OH is 2. The molecule has 0 heterocycles. The van der Waals surface area contributed by atoms with Crippen molar-refractivity contribution in [1.29, 1.82) is 0 Å². The van der Waals surface area contributed by atoms with E-state index in [1.165, 1.54) is 31.3 Å². The Morgan fingerprint density at radius 3 is 2.67 bits per heavy atom. The van der Waals surface area contributed by atoms with E-state index in [-0.39, 0.29) is 13.0 Å². The number of rotatable bonds is 10. The first kappa shape index (κ1) is 29.1. The molecule has 3 saturated carbocycles. The number of carboxylic acid groups (broad SMARTS) is 1. The van der Waals surface area contributed by atoms with Crippen LogP contribution in [0.15, 0.2) is 35.5 Å². The maximum absolute atomic E-state index is 10.7. The summed E-state index contributed by atoms with van der Waals surface area (Å²) in [6.07, 6.45) is 10.6. The monoisotopic (exact) mass is 504 g/mol. The highest BCUT2D eigenvalue weighted by Gasteiger charge is 2.50. The fraction of sp³-hybridized carbons (Fsp3) is 0.767. The normalized spacial score (nSPS) is 36.3. The van der Waals surface area contributed by atoms with Crippen LogP contribution in [0.1, 0.15) is 91.9 Å². The zero-order valence-corrected chi connectivity index (χ0v) is 22.7. The topological polar surface area (TPSA) is 107 Å². The van der Waals surface area contributed by atoms with Crippen LogP contribution >= 0.6 is 0 Å². The van der Waals surface area contributed by atoms with Gasteiger partial charge in [0.1, 0.15) is 12.2 Å². The zero-order chi connectivity index (χ0) is 26.7. The van der Waals surface area contributed by atoms with Crippen molar-refractivity contribution in [1.82, 2.24) is 0 Å². The summed E-state index contributed by atoms with van der Waals surface area (Å²) >= 11 is 0. The van der Waals surface area contributed by atoms with Crippen molar-refractivity contribution >= 4 is 5.97 Å². The van der Waals surface area contributed by atoms with Gasteiger partial charge in [-0.2, -0.15) is 0 Å². The summed E-state index contributed by atoms with van der Waals surface area (Å²) in [6, 6.07) is 0. The molecule has 3 aliphatic rings. The first-order valence-electron chi connectivity index (χ1n) is 13.8. The second kappa shape index (κ2) is 11.9. The number of carbonyl (C=O) groups is 1. The maximum atomic E-state index is 10.7. The number of aliphatic hydroxyl groups is 3. The van der Waals surface area contributed by atoms with Crippen LogP contribution in [0.2, 0.25) is 0 Å². The van der Waals surface area contributed by atoms with Crippen molar-refractivity contribution in [2.24, 2.45) is 23.2 Å². The molecule has 0 aromatic rings. The minimum Gasteiger partial charge on any atom is -0.481 e. The lowest BCUT2D eigenvalue weighted by Gasteiger charge is -2.44. The van der Waals surface area contributed by atoms with Crippen molar-refractivity contribution in [2.45, 2.75) is 116 Å². The van der Waals surface area contributed by atoms with Gasteiger partial charge in [-0.1, -0.05) is 51.0 Å². The van der Waals surface area contributed by atoms with Gasteiger partial charge in [0.15, 0.2) is 0 Å². The SMILES string of the molecule is C=C1/C(=C\C=C2/CCC[C@]3(C)[C@@H]([C@H](C)CCCC(C)(C)O)CC[C@@H]23)C[C@@H](O)[C@@H](OCCC(=O)O)[C@@H]1O. The van der Waals surface area contributed by atoms with Crippen molar-refractivity contribution in [2.75, 3.05) is 6.61 Å². The number of aliphatic carboxylic acids is 1. The van der Waals surface area contributed by atoms with Crippen LogP contribution in [0.3, 0.4) is 0 Å². The van der Waals surface area contributed by atoms with Gasteiger partial charge in [-0.3, -0.25) is 4.79 Å². The van der Waals surface area contributed by atoms with Crippen LogP contribution in [0, 0.1) is 23.2 Å². The van der Waals surface area contributed by atoms with Crippen molar-refractivity contribution < 1.29 is 30.0 Å². The van der Waals surface area contributed by atoms with Gasteiger partial charge in [0.25, 0.3) is 0 Å². The van der Waals surface area contributed by atoms with E-state index in [4.69, 9.17) is 9.84 Å². The minimum absolute atomic E-state index is 0.0535. The molecule has 0 aliphatic heterocycles. The summed E-state index contributed by atoms with van der Waals surface area (Å²) < 4.78 is 5.48. The van der Waals surface area contributed by atoms with Crippen LogP contribution in [0.4, 0.5) is 0 Å². The summed E-state index contributed by atoms with van der Waals surface area (Å²) in [4.78, 5) is 10.7. The smallest absolute Gasteiger partial charge is 0.305 e. The molecule has 3 fully saturated rings. The molecule has 36 heavy (non-hydrogen) atoms. The Kier molecular flexibility index (Phi) is 9.64. The zero-order valence-electron chi connectivity index (χ0n) is 22.7. The standard InChI is InChI=1S/C30H48O6/c1-19(8-6-15-29(3,4)35)23-12-13-24-21(9-7-16-30(23,24)5)10-11-22-18-25(31)28(27(34)20(22)2)36-17-14-26(32)33/h10-11,19,23-25,27-28,31,34-35H,2,6-9,12-18H2,1,3-5H3,(H,32,33)/b21-10+,22-11-/t19-,23-,24+,25-,27-,28-,30-/m1/s1. The summed E-state index contributed by atoms with van der Waals surface area (Å²) in [5.74, 6) is 0.917. The molecule has 6 nitrogen and oxygen atoms in total. The van der Waals surface area contributed by atoms with E-state index < -0.39 is 29.9 Å². The molecular weight excluding hydrogens is 456 g/mol. The van der Waals surface area contributed by atoms with E-state index in [2.05, 4.69) is 26.5 Å². The van der Waals surface area contributed by atoms with E-state index in [1.807, 2.05) is 19.9 Å². The highest BCUT2D eigenvalue weighted by Crippen LogP contribution is 2.60. The van der Waals surface area contributed by atoms with Gasteiger partial charge in [0, 0.05) is 6.42 Å². The van der Waals surface area contributed by atoms with E-state index in [9.17, 15) is 20.1 Å². The average molecular weight is 505 g/mol. The summed E-state index contributed by atoms with van der Waals surface area (Å²) in [5, 5.41) is 40.2. The average Bonchev–Trinajstić information content (AvgIpc) is 3.14. The highest BCUT2D eigenvalue weighted by atomic mass is 16.5. The van der Waals surface area contributed by atoms with Gasteiger partial charge in [0.05, 0.1) is 24.7 Å². The molecule has 0 spiro atoms. The molecule has 3 aliphatic carbocycles. The van der Waals surface area contributed by atoms with Gasteiger partial charge in [-0.05, 0) is 86.7 Å². The number of hydrogen-bond donors (Lipinski definition) is 4. The Balaban J connectivity index is 1.66. The molecule has 0 unspecified atom stereocenters. The Hall–Kier alpha value is -1.47. The minimum atomic E-state index is -1.05. The maximum Gasteiger partial charge on any atom is 0.305 e. The molecule has 0 saturated heterocycles. The van der Waals surface area contributed by atoms with Gasteiger partial charge in [-0.25, -0.2) is 0 Å². The van der Waals surface area contributed by atoms with Gasteiger partial charge >= 0.3 is 5.97 Å². The van der Waals surface area contributed by atoms with Gasteiger partial charge in [-0.15, -0.1) is 0 Å². The van der Waals surface area contributed by atoms with Crippen LogP contribution in [0.25, 0.3) is 0 Å². The third kappa shape index (κ3) is 6.89. The predicted octanol–water partition coefficient (Wildman–Crippen LogP) is 5.17. The molecule has 3 rings (SSSR count). The number of fused-ring (bicyclic) bond motifs is 1. The molecule has 6 heteroatoms. The Morgan fingerprint density at radius 2 is 2.00 bits per heavy atom. The molecule has 0 aromatic carbocycles. The molecule has 7 atom stereocenters. The molecular formula is C30H48O6. The van der Waals surface area contributed by atoms with E-state index >= 15 is 0 Å². The number of hydrogen-bond acceptors (Lipinski definition) is 5. The lowest BCUT2D eigenvalue weighted by atomic mass is 9.60. The van der Waals surface area contributed by atoms with E-state index in [1.54, 1.807) is 0 Å². The number of carboxylic acids is 1. The van der Waals surface area contributed by atoms with E-state index in [0.29, 0.717) is 35.2 Å². The van der Waals surface area contributed by atoms with Gasteiger partial charge in [0.2, 0.25) is 0 Å². The quantitative estimate of drug-likeness (QED) is 0.327. The molecule has 0 bridgehead atoms. The van der Waals surface area contributed by atoms with Crippen LogP contribution < -0.4 is 0 Å². The van der Waals surface area contributed by atoms with Gasteiger partial charge < -0.3 is 25.2 Å². The van der Waals surface area contributed by atoms with Crippen molar-refractivity contribution in [3.63, 3.8) is 0 Å². The highest BCUT2D eigenvalue weighted by molar-refractivity contribution is 5.66. The third-order valence-electron chi connectivity index (χ3n) is 9.19. The molecule has 0 radical (unpaired) electrons. The number of ether oxygens (including phenoxy) is 1. The van der Waals surface area contributed by atoms with Crippen LogP contribution in [0.5, 0.6) is 0 Å². The Bertz CT molecular complexity index is 852. The van der Waals surface area contributed by atoms with E-state index in [0.717, 1.165) is 31.3 Å². The summed E-state index contributed by atoms with van der Waals surface area (Å²) in [5.41, 5.74) is 2.55. The Labute approximate surface area is 217 Å². The summed E-state index contributed by atoms with van der Waals surface area (Å²) in [7, 11) is 0. The second-order valence-corrected chi connectivity index (χ2v) is 12.4. The lowest BCUT2D eigenvalue weighted by Crippen LogP contribution is -2.45. The largest absolute Gasteiger partial charge is 0.481 e. The molecule has 0 amide bonds. The Morgan fingerprint density at radius 1 is 1.28 bits per heavy atom. The summed E-state index contributed by atoms with van der Waals surface area (Å²) in [6.45, 7) is 12.7. The van der Waals surface area contributed by atoms with Crippen LogP contribution in [-0.2, 0) is 9.53 Å². The molecule has 0 aromatic heterocycles. The fourth-order valence-electron chi connectivity index (χ4n) is 7.21. The predicted molar refractivity (Wildman–Crippen MR) is 141 cm³/mol. The first-order chi connectivity index (χ1) is 16.8. The number of allylic oxidation sites excluding steroid dienone is 3. The first-order valence-corrected chi connectivity index (χ1v) is 13.8. The van der Waals surface area contributed by atoms with Crippen LogP contribution in [-0.4, -0.2) is 56.9 Å². The second-order valence-electron chi connectivity index (χ2n) is 12.4. The van der Waals surface area contributed by atoms with Crippen molar-refractivity contribution in [3.8, 4) is 0 Å².